The van der Waals surface area contributed by atoms with Gasteiger partial charge in [0.05, 0.1) is 0 Å². The van der Waals surface area contributed by atoms with Crippen LogP contribution in [0.15, 0.2) is 24.3 Å². The van der Waals surface area contributed by atoms with E-state index in [9.17, 15) is 9.18 Å². The van der Waals surface area contributed by atoms with E-state index in [0.29, 0.717) is 17.9 Å². The molecule has 0 fully saturated rings. The van der Waals surface area contributed by atoms with Gasteiger partial charge >= 0.3 is 0 Å². The first-order chi connectivity index (χ1) is 7.17. The number of carbonyl (C=O) groups is 1. The van der Waals surface area contributed by atoms with Crippen LogP contribution < -0.4 is 0 Å². The van der Waals surface area contributed by atoms with Crippen molar-refractivity contribution in [2.75, 3.05) is 0 Å². The molecule has 0 radical (unpaired) electrons. The summed E-state index contributed by atoms with van der Waals surface area (Å²) >= 11 is 0. The Balaban J connectivity index is 2.68. The smallest absolute Gasteiger partial charge is 0.163 e. The molecule has 0 spiro atoms. The molecule has 0 aromatic heterocycles. The number of carbonyl (C=O) groups excluding carboxylic acids is 1. The van der Waals surface area contributed by atoms with Gasteiger partial charge in [0.25, 0.3) is 0 Å². The molecule has 0 saturated carbocycles. The largest absolute Gasteiger partial charge is 0.294 e. The lowest BCUT2D eigenvalue weighted by molar-refractivity contribution is 0.0958. The summed E-state index contributed by atoms with van der Waals surface area (Å²) in [7, 11) is 0. The van der Waals surface area contributed by atoms with Gasteiger partial charge in [-0.1, -0.05) is 38.8 Å². The maximum Gasteiger partial charge on any atom is 0.163 e. The van der Waals surface area contributed by atoms with Crippen LogP contribution in [0.5, 0.6) is 0 Å². The summed E-state index contributed by atoms with van der Waals surface area (Å²) in [5.74, 6) is 0.120. The SMILES string of the molecule is CCC(CC)CC(=O)c1cccc(F)c1. The van der Waals surface area contributed by atoms with Crippen molar-refractivity contribution in [2.45, 2.75) is 33.1 Å². The molecule has 0 atom stereocenters. The molecule has 1 aromatic rings. The molecular weight excluding hydrogens is 191 g/mol. The number of halogens is 1. The van der Waals surface area contributed by atoms with Crippen molar-refractivity contribution in [3.63, 3.8) is 0 Å². The summed E-state index contributed by atoms with van der Waals surface area (Å²) in [5, 5.41) is 0. The Labute approximate surface area is 90.3 Å². The monoisotopic (exact) mass is 208 g/mol. The minimum atomic E-state index is -0.342. The Kier molecular flexibility index (Phi) is 4.47. The van der Waals surface area contributed by atoms with Crippen molar-refractivity contribution >= 4 is 5.78 Å². The second-order valence-corrected chi connectivity index (χ2v) is 3.82. The Morgan fingerprint density at radius 2 is 2.00 bits per heavy atom. The van der Waals surface area contributed by atoms with Crippen LogP contribution in [0.25, 0.3) is 0 Å². The molecule has 0 bridgehead atoms. The maximum absolute atomic E-state index is 12.9. The van der Waals surface area contributed by atoms with Gasteiger partial charge in [-0.2, -0.15) is 0 Å². The van der Waals surface area contributed by atoms with Crippen molar-refractivity contribution in [3.05, 3.63) is 35.6 Å². The van der Waals surface area contributed by atoms with Gasteiger partial charge in [0.2, 0.25) is 0 Å². The third kappa shape index (κ3) is 3.46. The predicted octanol–water partition coefficient (Wildman–Crippen LogP) is 3.83. The number of benzene rings is 1. The summed E-state index contributed by atoms with van der Waals surface area (Å²) in [6, 6.07) is 5.92. The van der Waals surface area contributed by atoms with E-state index in [4.69, 9.17) is 0 Å². The van der Waals surface area contributed by atoms with Gasteiger partial charge in [-0.3, -0.25) is 4.79 Å². The molecular formula is C13H17FO. The minimum Gasteiger partial charge on any atom is -0.294 e. The van der Waals surface area contributed by atoms with E-state index in [1.165, 1.54) is 12.1 Å². The number of ketones is 1. The molecule has 1 aromatic carbocycles. The molecule has 15 heavy (non-hydrogen) atoms. The lowest BCUT2D eigenvalue weighted by Gasteiger charge is -2.10. The molecule has 0 N–H and O–H groups in total. The molecule has 0 heterocycles. The van der Waals surface area contributed by atoms with Gasteiger partial charge in [0.1, 0.15) is 5.82 Å². The topological polar surface area (TPSA) is 17.1 Å². The Bertz CT molecular complexity index is 329. The molecule has 0 aliphatic heterocycles. The molecule has 1 nitrogen and oxygen atoms in total. The van der Waals surface area contributed by atoms with Crippen molar-refractivity contribution in [1.82, 2.24) is 0 Å². The first-order valence-electron chi connectivity index (χ1n) is 5.46. The van der Waals surface area contributed by atoms with Gasteiger partial charge in [-0.15, -0.1) is 0 Å². The third-order valence-corrected chi connectivity index (χ3v) is 2.78. The summed E-state index contributed by atoms with van der Waals surface area (Å²) in [5.41, 5.74) is 0.488. The zero-order valence-corrected chi connectivity index (χ0v) is 9.29. The minimum absolute atomic E-state index is 0.0446. The zero-order chi connectivity index (χ0) is 11.3. The second kappa shape index (κ2) is 5.64. The molecule has 0 unspecified atom stereocenters. The van der Waals surface area contributed by atoms with Crippen molar-refractivity contribution in [1.29, 1.82) is 0 Å². The van der Waals surface area contributed by atoms with Crippen LogP contribution in [0.2, 0.25) is 0 Å². The lowest BCUT2D eigenvalue weighted by atomic mass is 9.94. The number of hydrogen-bond acceptors (Lipinski definition) is 1. The molecule has 82 valence electrons. The van der Waals surface area contributed by atoms with E-state index in [0.717, 1.165) is 12.8 Å². The molecule has 0 aliphatic carbocycles. The summed E-state index contributed by atoms with van der Waals surface area (Å²) in [6.45, 7) is 4.15. The normalized spacial score (nSPS) is 10.7. The number of hydrogen-bond donors (Lipinski definition) is 0. The average Bonchev–Trinajstić information content (AvgIpc) is 2.25. The zero-order valence-electron chi connectivity index (χ0n) is 9.29. The van der Waals surface area contributed by atoms with E-state index >= 15 is 0 Å². The summed E-state index contributed by atoms with van der Waals surface area (Å²) in [6.07, 6.45) is 2.52. The van der Waals surface area contributed by atoms with E-state index < -0.39 is 0 Å². The maximum atomic E-state index is 12.9. The van der Waals surface area contributed by atoms with Crippen LogP contribution in [0.1, 0.15) is 43.5 Å². The molecule has 1 rings (SSSR count). The van der Waals surface area contributed by atoms with Crippen molar-refractivity contribution in [2.24, 2.45) is 5.92 Å². The van der Waals surface area contributed by atoms with Crippen LogP contribution in [-0.2, 0) is 0 Å². The first kappa shape index (κ1) is 11.9. The fourth-order valence-corrected chi connectivity index (χ4v) is 1.62. The Hall–Kier alpha value is -1.18. The van der Waals surface area contributed by atoms with Crippen LogP contribution >= 0.6 is 0 Å². The number of rotatable bonds is 5. The Morgan fingerprint density at radius 3 is 2.53 bits per heavy atom. The highest BCUT2D eigenvalue weighted by Gasteiger charge is 2.12. The molecule has 0 saturated heterocycles. The fourth-order valence-electron chi connectivity index (χ4n) is 1.62. The van der Waals surface area contributed by atoms with Crippen LogP contribution in [0.3, 0.4) is 0 Å². The second-order valence-electron chi connectivity index (χ2n) is 3.82. The average molecular weight is 208 g/mol. The summed E-state index contributed by atoms with van der Waals surface area (Å²) in [4.78, 5) is 11.8. The van der Waals surface area contributed by atoms with E-state index in [1.807, 2.05) is 0 Å². The van der Waals surface area contributed by atoms with Gasteiger partial charge in [0, 0.05) is 12.0 Å². The van der Waals surface area contributed by atoms with E-state index in [1.54, 1.807) is 12.1 Å². The van der Waals surface area contributed by atoms with Gasteiger partial charge in [-0.05, 0) is 18.1 Å². The highest BCUT2D eigenvalue weighted by molar-refractivity contribution is 5.96. The fraction of sp³-hybridized carbons (Fsp3) is 0.462. The van der Waals surface area contributed by atoms with Gasteiger partial charge in [0.15, 0.2) is 5.78 Å². The van der Waals surface area contributed by atoms with Gasteiger partial charge < -0.3 is 0 Å². The standard InChI is InChI=1S/C13H17FO/c1-3-10(4-2)8-13(15)11-6-5-7-12(14)9-11/h5-7,9-10H,3-4,8H2,1-2H3. The van der Waals surface area contributed by atoms with Gasteiger partial charge in [-0.25, -0.2) is 4.39 Å². The first-order valence-corrected chi connectivity index (χ1v) is 5.46. The highest BCUT2D eigenvalue weighted by Crippen LogP contribution is 2.16. The van der Waals surface area contributed by atoms with Crippen LogP contribution in [-0.4, -0.2) is 5.78 Å². The summed E-state index contributed by atoms with van der Waals surface area (Å²) < 4.78 is 12.9. The molecule has 2 heteroatoms. The molecule has 0 amide bonds. The Morgan fingerprint density at radius 1 is 1.33 bits per heavy atom. The highest BCUT2D eigenvalue weighted by atomic mass is 19.1. The van der Waals surface area contributed by atoms with Crippen molar-refractivity contribution in [3.8, 4) is 0 Å². The number of Topliss-reactive ketones (excluding diaryl/α,β-unsaturated/α-hetero) is 1. The van der Waals surface area contributed by atoms with E-state index in [-0.39, 0.29) is 11.6 Å². The quantitative estimate of drug-likeness (QED) is 0.672. The molecule has 0 aliphatic rings. The van der Waals surface area contributed by atoms with Crippen LogP contribution in [0.4, 0.5) is 4.39 Å². The van der Waals surface area contributed by atoms with Crippen LogP contribution in [0, 0.1) is 11.7 Å². The predicted molar refractivity (Wildman–Crippen MR) is 59.4 cm³/mol. The van der Waals surface area contributed by atoms with Crippen molar-refractivity contribution < 1.29 is 9.18 Å². The lowest BCUT2D eigenvalue weighted by Crippen LogP contribution is -2.07. The van der Waals surface area contributed by atoms with E-state index in [2.05, 4.69) is 13.8 Å². The third-order valence-electron chi connectivity index (χ3n) is 2.78.